The Morgan fingerprint density at radius 3 is 2.82 bits per heavy atom. The van der Waals surface area contributed by atoms with Crippen molar-refractivity contribution in [2.24, 2.45) is 5.73 Å². The number of rotatable bonds is 6. The van der Waals surface area contributed by atoms with Gasteiger partial charge < -0.3 is 11.1 Å². The Hall–Kier alpha value is -0.360. The second-order valence-electron chi connectivity index (χ2n) is 3.27. The quantitative estimate of drug-likeness (QED) is 0.790. The van der Waals surface area contributed by atoms with Crippen molar-refractivity contribution in [2.75, 3.05) is 13.1 Å². The van der Waals surface area contributed by atoms with Gasteiger partial charge in [0.05, 0.1) is 11.2 Å². The first kappa shape index (κ1) is 19.0. The van der Waals surface area contributed by atoms with Gasteiger partial charge in [0.2, 0.25) is 0 Å². The summed E-state index contributed by atoms with van der Waals surface area (Å²) in [4.78, 5) is 16.4. The van der Waals surface area contributed by atoms with Gasteiger partial charge >= 0.3 is 0 Å². The van der Waals surface area contributed by atoms with Gasteiger partial charge in [0.15, 0.2) is 0 Å². The summed E-state index contributed by atoms with van der Waals surface area (Å²) < 4.78 is 0. The Morgan fingerprint density at radius 1 is 1.53 bits per heavy atom. The topological polar surface area (TPSA) is 68.0 Å². The first-order valence-electron chi connectivity index (χ1n) is 5.21. The average Bonchev–Trinajstić information content (AvgIpc) is 2.67. The molecular weight excluding hydrogens is 281 g/mol. The highest BCUT2D eigenvalue weighted by atomic mass is 35.5. The number of nitrogens with two attached hydrogens (primary N) is 1. The number of nitrogens with zero attached hydrogens (tertiary/aromatic N) is 1. The number of carbonyl (C=O) groups excluding carboxylic acids is 1. The highest BCUT2D eigenvalue weighted by Crippen LogP contribution is 2.14. The summed E-state index contributed by atoms with van der Waals surface area (Å²) in [5.41, 5.74) is 5.34. The highest BCUT2D eigenvalue weighted by molar-refractivity contribution is 7.13. The maximum Gasteiger partial charge on any atom is 0.263 e. The molecule has 17 heavy (non-hydrogen) atoms. The van der Waals surface area contributed by atoms with Crippen molar-refractivity contribution in [3.8, 4) is 0 Å². The van der Waals surface area contributed by atoms with Gasteiger partial charge in [-0.2, -0.15) is 0 Å². The largest absolute Gasteiger partial charge is 0.351 e. The van der Waals surface area contributed by atoms with Crippen molar-refractivity contribution in [2.45, 2.75) is 26.2 Å². The van der Waals surface area contributed by atoms with Gasteiger partial charge in [-0.15, -0.1) is 36.2 Å². The molecule has 0 bridgehead atoms. The summed E-state index contributed by atoms with van der Waals surface area (Å²) >= 11 is 1.47. The lowest BCUT2D eigenvalue weighted by molar-refractivity contribution is 0.0957. The van der Waals surface area contributed by atoms with E-state index in [0.717, 1.165) is 24.3 Å². The van der Waals surface area contributed by atoms with E-state index in [4.69, 9.17) is 5.73 Å². The fourth-order valence-corrected chi connectivity index (χ4v) is 2.07. The molecule has 4 nitrogen and oxygen atoms in total. The molecule has 1 aromatic rings. The van der Waals surface area contributed by atoms with Gasteiger partial charge in [-0.05, 0) is 25.8 Å². The van der Waals surface area contributed by atoms with Crippen LogP contribution in [-0.2, 0) is 6.42 Å². The van der Waals surface area contributed by atoms with E-state index in [9.17, 15) is 4.79 Å². The van der Waals surface area contributed by atoms with Crippen molar-refractivity contribution in [3.63, 3.8) is 0 Å². The lowest BCUT2D eigenvalue weighted by Crippen LogP contribution is -2.25. The second-order valence-corrected chi connectivity index (χ2v) is 4.38. The Kier molecular flexibility index (Phi) is 12.0. The molecule has 0 fully saturated rings. The highest BCUT2D eigenvalue weighted by Gasteiger charge is 2.08. The first-order chi connectivity index (χ1) is 7.27. The van der Waals surface area contributed by atoms with Crippen molar-refractivity contribution >= 4 is 42.1 Å². The number of hydrogen-bond donors (Lipinski definition) is 2. The van der Waals surface area contributed by atoms with Crippen LogP contribution in [-0.4, -0.2) is 24.0 Å². The van der Waals surface area contributed by atoms with E-state index in [1.54, 1.807) is 6.20 Å². The SMILES string of the molecule is CCCc1ncc(C(=O)NCCCN)s1.Cl.Cl. The van der Waals surface area contributed by atoms with Gasteiger partial charge in [-0.25, -0.2) is 4.98 Å². The number of aryl methyl sites for hydroxylation is 1. The molecule has 1 rings (SSSR count). The Balaban J connectivity index is 0. The lowest BCUT2D eigenvalue weighted by Gasteiger charge is -2.00. The van der Waals surface area contributed by atoms with Gasteiger partial charge in [-0.1, -0.05) is 6.92 Å². The van der Waals surface area contributed by atoms with E-state index in [0.29, 0.717) is 18.0 Å². The Morgan fingerprint density at radius 2 is 2.24 bits per heavy atom. The molecule has 1 aromatic heterocycles. The van der Waals surface area contributed by atoms with Crippen LogP contribution >= 0.6 is 36.2 Å². The van der Waals surface area contributed by atoms with Crippen molar-refractivity contribution < 1.29 is 4.79 Å². The molecule has 1 heterocycles. The van der Waals surface area contributed by atoms with Crippen LogP contribution in [0, 0.1) is 0 Å². The zero-order chi connectivity index (χ0) is 11.1. The van der Waals surface area contributed by atoms with Gasteiger partial charge in [0, 0.05) is 6.54 Å². The summed E-state index contributed by atoms with van der Waals surface area (Å²) in [5.74, 6) is -0.0386. The lowest BCUT2D eigenvalue weighted by atomic mass is 10.4. The minimum atomic E-state index is -0.0386. The molecule has 1 amide bonds. The molecule has 0 aliphatic carbocycles. The number of aromatic nitrogens is 1. The van der Waals surface area contributed by atoms with Crippen LogP contribution < -0.4 is 11.1 Å². The average molecular weight is 300 g/mol. The monoisotopic (exact) mass is 299 g/mol. The second kappa shape index (κ2) is 10.8. The summed E-state index contributed by atoms with van der Waals surface area (Å²) in [6.45, 7) is 3.34. The predicted molar refractivity (Wildman–Crippen MR) is 76.6 cm³/mol. The zero-order valence-corrected chi connectivity index (χ0v) is 12.2. The molecule has 0 radical (unpaired) electrons. The van der Waals surface area contributed by atoms with Gasteiger partial charge in [0.25, 0.3) is 5.91 Å². The minimum Gasteiger partial charge on any atom is -0.351 e. The molecule has 0 aromatic carbocycles. The molecule has 0 saturated carbocycles. The van der Waals surface area contributed by atoms with Gasteiger partial charge in [-0.3, -0.25) is 4.79 Å². The van der Waals surface area contributed by atoms with E-state index in [1.165, 1.54) is 11.3 Å². The molecule has 0 saturated heterocycles. The molecule has 7 heteroatoms. The van der Waals surface area contributed by atoms with Crippen LogP contribution in [0.15, 0.2) is 6.20 Å². The fourth-order valence-electron chi connectivity index (χ4n) is 1.14. The molecular formula is C10H19Cl2N3OS. The maximum atomic E-state index is 11.6. The first-order valence-corrected chi connectivity index (χ1v) is 6.02. The van der Waals surface area contributed by atoms with Crippen LogP contribution in [0.5, 0.6) is 0 Å². The molecule has 0 atom stereocenters. The third-order valence-corrected chi connectivity index (χ3v) is 2.96. The fraction of sp³-hybridized carbons (Fsp3) is 0.600. The van der Waals surface area contributed by atoms with E-state index in [-0.39, 0.29) is 30.7 Å². The van der Waals surface area contributed by atoms with E-state index < -0.39 is 0 Å². The van der Waals surface area contributed by atoms with E-state index in [1.807, 2.05) is 0 Å². The number of hydrogen-bond acceptors (Lipinski definition) is 4. The third-order valence-electron chi connectivity index (χ3n) is 1.91. The summed E-state index contributed by atoms with van der Waals surface area (Å²) in [6, 6.07) is 0. The Bertz CT molecular complexity index is 320. The zero-order valence-electron chi connectivity index (χ0n) is 9.77. The summed E-state index contributed by atoms with van der Waals surface area (Å²) in [7, 11) is 0. The van der Waals surface area contributed by atoms with E-state index >= 15 is 0 Å². The van der Waals surface area contributed by atoms with E-state index in [2.05, 4.69) is 17.2 Å². The molecule has 0 aliphatic rings. The number of halogens is 2. The maximum absolute atomic E-state index is 11.6. The van der Waals surface area contributed by atoms with Crippen molar-refractivity contribution in [1.29, 1.82) is 0 Å². The number of amides is 1. The number of thiazole rings is 1. The molecule has 0 spiro atoms. The summed E-state index contributed by atoms with van der Waals surface area (Å²) in [6.07, 6.45) is 4.46. The molecule has 0 aliphatic heterocycles. The molecule has 100 valence electrons. The number of nitrogens with one attached hydrogen (secondary N) is 1. The smallest absolute Gasteiger partial charge is 0.263 e. The Labute approximate surface area is 118 Å². The van der Waals surface area contributed by atoms with Crippen molar-refractivity contribution in [3.05, 3.63) is 16.1 Å². The van der Waals surface area contributed by atoms with Crippen LogP contribution in [0.4, 0.5) is 0 Å². The van der Waals surface area contributed by atoms with Gasteiger partial charge in [0.1, 0.15) is 4.88 Å². The van der Waals surface area contributed by atoms with Crippen molar-refractivity contribution in [1.82, 2.24) is 10.3 Å². The summed E-state index contributed by atoms with van der Waals surface area (Å²) in [5, 5.41) is 3.84. The number of carbonyl (C=O) groups is 1. The van der Waals surface area contributed by atoms with Crippen LogP contribution in [0.25, 0.3) is 0 Å². The van der Waals surface area contributed by atoms with Crippen LogP contribution in [0.1, 0.15) is 34.4 Å². The molecule has 0 unspecified atom stereocenters. The predicted octanol–water partition coefficient (Wildman–Crippen LogP) is 2.02. The third kappa shape index (κ3) is 6.83. The standard InChI is InChI=1S/C10H17N3OS.2ClH/c1-2-4-9-13-7-8(15-9)10(14)12-6-3-5-11;;/h7H,2-6,11H2,1H3,(H,12,14);2*1H. The minimum absolute atomic E-state index is 0. The molecule has 3 N–H and O–H groups in total. The van der Waals surface area contributed by atoms with Crippen LogP contribution in [0.2, 0.25) is 0 Å². The van der Waals surface area contributed by atoms with Crippen LogP contribution in [0.3, 0.4) is 0 Å². The normalized spacial score (nSPS) is 9.06.